The molecule has 2 N–H and O–H groups in total. The lowest BCUT2D eigenvalue weighted by molar-refractivity contribution is -0.144. The number of nitrogens with one attached hydrogen (secondary N) is 1. The average Bonchev–Trinajstić information content (AvgIpc) is 3.47. The number of carbonyl (C=O) groups excluding carboxylic acids is 2. The van der Waals surface area contributed by atoms with E-state index in [1.807, 2.05) is 38.1 Å². The molecule has 0 spiro atoms. The van der Waals surface area contributed by atoms with Crippen LogP contribution in [0.2, 0.25) is 0 Å². The van der Waals surface area contributed by atoms with Crippen LogP contribution >= 0.6 is 0 Å². The molecular weight excluding hydrogens is 444 g/mol. The Hall–Kier alpha value is -3.35. The monoisotopic (exact) mass is 476 g/mol. The van der Waals surface area contributed by atoms with Gasteiger partial charge in [0.2, 0.25) is 5.91 Å². The number of rotatable bonds is 7. The van der Waals surface area contributed by atoms with E-state index in [0.29, 0.717) is 12.8 Å². The number of carbonyl (C=O) groups is 3. The van der Waals surface area contributed by atoms with E-state index in [0.717, 1.165) is 35.1 Å². The molecule has 2 saturated heterocycles. The molecule has 2 heterocycles. The summed E-state index contributed by atoms with van der Waals surface area (Å²) in [7, 11) is 0. The molecule has 3 aliphatic rings. The van der Waals surface area contributed by atoms with E-state index in [2.05, 4.69) is 29.6 Å². The fraction of sp³-hybridized carbons (Fsp3) is 0.464. The van der Waals surface area contributed by atoms with E-state index in [9.17, 15) is 19.5 Å². The Bertz CT molecular complexity index is 1110. The summed E-state index contributed by atoms with van der Waals surface area (Å²) in [5, 5.41) is 12.3. The summed E-state index contributed by atoms with van der Waals surface area (Å²) < 4.78 is 5.68. The molecule has 1 atom stereocenters. The van der Waals surface area contributed by atoms with Gasteiger partial charge in [-0.05, 0) is 53.9 Å². The third-order valence-corrected chi connectivity index (χ3v) is 8.03. The Morgan fingerprint density at radius 1 is 1.03 bits per heavy atom. The Morgan fingerprint density at radius 3 is 2.14 bits per heavy atom. The maximum atomic E-state index is 13.6. The van der Waals surface area contributed by atoms with Crippen LogP contribution in [0.4, 0.5) is 4.79 Å². The molecule has 2 bridgehead atoms. The van der Waals surface area contributed by atoms with Gasteiger partial charge in [0, 0.05) is 12.0 Å². The van der Waals surface area contributed by atoms with Gasteiger partial charge >= 0.3 is 12.1 Å². The molecule has 35 heavy (non-hydrogen) atoms. The number of carboxylic acids is 1. The number of aliphatic carboxylic acids is 1. The molecule has 0 aromatic heterocycles. The molecule has 7 heteroatoms. The van der Waals surface area contributed by atoms with Crippen LogP contribution in [0.15, 0.2) is 48.5 Å². The third kappa shape index (κ3) is 4.07. The van der Waals surface area contributed by atoms with Crippen LogP contribution < -0.4 is 5.32 Å². The number of benzene rings is 2. The first-order chi connectivity index (χ1) is 16.8. The number of amides is 2. The molecule has 184 valence electrons. The lowest BCUT2D eigenvalue weighted by atomic mass is 9.85. The van der Waals surface area contributed by atoms with Crippen molar-refractivity contribution in [3.05, 3.63) is 59.7 Å². The molecule has 5 rings (SSSR count). The molecule has 1 aliphatic carbocycles. The SMILES string of the molecule is CC(C)[C@@H](NC(=O)OCC1c2ccccc2-c2ccccc21)C(=O)N1C2CCC1(CC(=O)O)CC2. The number of hydrogen-bond donors (Lipinski definition) is 2. The normalized spacial score (nSPS) is 23.2. The van der Waals surface area contributed by atoms with Gasteiger partial charge in [-0.25, -0.2) is 4.79 Å². The second kappa shape index (κ2) is 9.02. The molecule has 2 aromatic carbocycles. The van der Waals surface area contributed by atoms with Crippen LogP contribution in [-0.4, -0.2) is 52.2 Å². The highest BCUT2D eigenvalue weighted by Crippen LogP contribution is 2.49. The average molecular weight is 477 g/mol. The van der Waals surface area contributed by atoms with Crippen LogP contribution in [0.1, 0.15) is 63.0 Å². The van der Waals surface area contributed by atoms with Crippen molar-refractivity contribution >= 4 is 18.0 Å². The van der Waals surface area contributed by atoms with Gasteiger partial charge in [0.15, 0.2) is 0 Å². The van der Waals surface area contributed by atoms with Gasteiger partial charge in [-0.3, -0.25) is 9.59 Å². The van der Waals surface area contributed by atoms with Gasteiger partial charge in [0.1, 0.15) is 12.6 Å². The first-order valence-electron chi connectivity index (χ1n) is 12.5. The zero-order valence-electron chi connectivity index (χ0n) is 20.2. The Morgan fingerprint density at radius 2 is 1.60 bits per heavy atom. The number of nitrogens with zero attached hydrogens (tertiary/aromatic N) is 1. The fourth-order valence-electron chi connectivity index (χ4n) is 6.41. The Labute approximate surface area is 205 Å². The van der Waals surface area contributed by atoms with Gasteiger partial charge in [-0.15, -0.1) is 0 Å². The molecule has 0 unspecified atom stereocenters. The summed E-state index contributed by atoms with van der Waals surface area (Å²) in [4.78, 5) is 39.8. The highest BCUT2D eigenvalue weighted by atomic mass is 16.5. The number of fused-ring (bicyclic) bond motifs is 5. The summed E-state index contributed by atoms with van der Waals surface area (Å²) in [6.45, 7) is 3.94. The molecule has 0 radical (unpaired) electrons. The predicted octanol–water partition coefficient (Wildman–Crippen LogP) is 4.55. The van der Waals surface area contributed by atoms with E-state index < -0.39 is 23.6 Å². The van der Waals surface area contributed by atoms with Crippen LogP contribution in [-0.2, 0) is 14.3 Å². The van der Waals surface area contributed by atoms with Gasteiger partial charge in [-0.2, -0.15) is 0 Å². The Kier molecular flexibility index (Phi) is 6.03. The summed E-state index contributed by atoms with van der Waals surface area (Å²) in [5.74, 6) is -1.31. The Balaban J connectivity index is 1.28. The minimum atomic E-state index is -0.893. The van der Waals surface area contributed by atoms with Crippen LogP contribution in [0.5, 0.6) is 0 Å². The standard InChI is InChI=1S/C28H32N2O5/c1-17(2)25(26(33)30-18-11-13-28(30,14-12-18)15-24(31)32)29-27(34)35-16-23-21-9-5-3-7-19(21)20-8-4-6-10-22(20)23/h3-10,17-18,23,25H,11-16H2,1-2H3,(H,29,34)(H,31,32)/t18?,25-,28?/m1/s1. The fourth-order valence-corrected chi connectivity index (χ4v) is 6.41. The van der Waals surface area contributed by atoms with E-state index in [-0.39, 0.29) is 36.8 Å². The zero-order valence-corrected chi connectivity index (χ0v) is 20.2. The summed E-state index contributed by atoms with van der Waals surface area (Å²) >= 11 is 0. The second-order valence-electron chi connectivity index (χ2n) is 10.4. The molecule has 7 nitrogen and oxygen atoms in total. The number of ether oxygens (including phenoxy) is 1. The maximum absolute atomic E-state index is 13.6. The van der Waals surface area contributed by atoms with Crippen molar-refractivity contribution in [2.45, 2.75) is 69.5 Å². The first kappa shape index (κ1) is 23.4. The lowest BCUT2D eigenvalue weighted by Gasteiger charge is -2.37. The minimum Gasteiger partial charge on any atom is -0.481 e. The molecule has 0 saturated carbocycles. The third-order valence-electron chi connectivity index (χ3n) is 8.03. The first-order valence-corrected chi connectivity index (χ1v) is 12.5. The predicted molar refractivity (Wildman–Crippen MR) is 131 cm³/mol. The van der Waals surface area contributed by atoms with Crippen LogP contribution in [0.25, 0.3) is 11.1 Å². The molecular formula is C28H32N2O5. The quantitative estimate of drug-likeness (QED) is 0.611. The largest absolute Gasteiger partial charge is 0.481 e. The van der Waals surface area contributed by atoms with E-state index >= 15 is 0 Å². The molecule has 2 aromatic rings. The smallest absolute Gasteiger partial charge is 0.407 e. The number of alkyl carbamates (subject to hydrolysis) is 1. The van der Waals surface area contributed by atoms with Crippen molar-refractivity contribution in [1.29, 1.82) is 0 Å². The summed E-state index contributed by atoms with van der Waals surface area (Å²) in [5.41, 5.74) is 3.93. The van der Waals surface area contributed by atoms with Crippen molar-refractivity contribution < 1.29 is 24.2 Å². The molecule has 2 aliphatic heterocycles. The van der Waals surface area contributed by atoms with Crippen molar-refractivity contribution in [1.82, 2.24) is 10.2 Å². The van der Waals surface area contributed by atoms with Crippen molar-refractivity contribution in [2.24, 2.45) is 5.92 Å². The summed E-state index contributed by atoms with van der Waals surface area (Å²) in [6, 6.07) is 15.6. The second-order valence-corrected chi connectivity index (χ2v) is 10.4. The van der Waals surface area contributed by atoms with Crippen LogP contribution in [0.3, 0.4) is 0 Å². The van der Waals surface area contributed by atoms with Crippen LogP contribution in [0, 0.1) is 5.92 Å². The zero-order chi connectivity index (χ0) is 24.7. The summed E-state index contributed by atoms with van der Waals surface area (Å²) in [6.07, 6.45) is 2.35. The van der Waals surface area contributed by atoms with E-state index in [1.165, 1.54) is 0 Å². The molecule has 2 amide bonds. The van der Waals surface area contributed by atoms with Gasteiger partial charge in [-0.1, -0.05) is 62.4 Å². The van der Waals surface area contributed by atoms with Gasteiger partial charge in [0.05, 0.1) is 12.0 Å². The minimum absolute atomic E-state index is 0.0485. The van der Waals surface area contributed by atoms with E-state index in [1.54, 1.807) is 4.90 Å². The number of hydrogen-bond acceptors (Lipinski definition) is 4. The van der Waals surface area contributed by atoms with Gasteiger partial charge < -0.3 is 20.1 Å². The maximum Gasteiger partial charge on any atom is 0.407 e. The van der Waals surface area contributed by atoms with Gasteiger partial charge in [0.25, 0.3) is 0 Å². The highest BCUT2D eigenvalue weighted by molar-refractivity contribution is 5.88. The molecule has 2 fully saturated rings. The number of carboxylic acid groups (broad SMARTS) is 1. The van der Waals surface area contributed by atoms with Crippen molar-refractivity contribution in [3.63, 3.8) is 0 Å². The van der Waals surface area contributed by atoms with E-state index in [4.69, 9.17) is 4.74 Å². The lowest BCUT2D eigenvalue weighted by Crippen LogP contribution is -2.56. The van der Waals surface area contributed by atoms with Crippen molar-refractivity contribution in [3.8, 4) is 11.1 Å². The topological polar surface area (TPSA) is 95.9 Å². The highest BCUT2D eigenvalue weighted by Gasteiger charge is 2.56. The van der Waals surface area contributed by atoms with Crippen molar-refractivity contribution in [2.75, 3.05) is 6.61 Å².